The van der Waals surface area contributed by atoms with Crippen molar-refractivity contribution in [1.82, 2.24) is 4.90 Å². The summed E-state index contributed by atoms with van der Waals surface area (Å²) in [5.41, 5.74) is 0.556. The van der Waals surface area contributed by atoms with Crippen LogP contribution in [0.25, 0.3) is 0 Å². The molecule has 2 saturated heterocycles. The Bertz CT molecular complexity index is 336. The Balaban J connectivity index is 1.67. The molecule has 2 bridgehead atoms. The van der Waals surface area contributed by atoms with E-state index in [1.165, 1.54) is 25.7 Å². The van der Waals surface area contributed by atoms with Gasteiger partial charge in [0.15, 0.2) is 0 Å². The van der Waals surface area contributed by atoms with Gasteiger partial charge in [-0.25, -0.2) is 0 Å². The van der Waals surface area contributed by atoms with E-state index in [9.17, 15) is 4.79 Å². The molecule has 0 amide bonds. The van der Waals surface area contributed by atoms with Crippen LogP contribution < -0.4 is 0 Å². The number of hydrogen-bond donors (Lipinski definition) is 1. The third-order valence-electron chi connectivity index (χ3n) is 5.84. The van der Waals surface area contributed by atoms with Gasteiger partial charge in [0.2, 0.25) is 0 Å². The maximum absolute atomic E-state index is 10.9. The Hall–Kier alpha value is -0.570. The molecule has 3 nitrogen and oxygen atoms in total. The average molecular weight is 251 g/mol. The molecule has 3 fully saturated rings. The van der Waals surface area contributed by atoms with Crippen LogP contribution >= 0.6 is 0 Å². The van der Waals surface area contributed by atoms with E-state index in [0.717, 1.165) is 12.8 Å². The fourth-order valence-electron chi connectivity index (χ4n) is 4.35. The molecule has 2 heterocycles. The van der Waals surface area contributed by atoms with Crippen molar-refractivity contribution in [2.24, 2.45) is 11.3 Å². The number of fused-ring (bicyclic) bond motifs is 2. The maximum atomic E-state index is 10.9. The fraction of sp³-hybridized carbons (Fsp3) is 0.933. The summed E-state index contributed by atoms with van der Waals surface area (Å²) < 4.78 is 0. The molecule has 0 aromatic rings. The van der Waals surface area contributed by atoms with Crippen molar-refractivity contribution in [3.8, 4) is 0 Å². The van der Waals surface area contributed by atoms with Gasteiger partial charge in [-0.05, 0) is 56.8 Å². The van der Waals surface area contributed by atoms with Gasteiger partial charge in [-0.1, -0.05) is 6.92 Å². The molecule has 1 aliphatic carbocycles. The Morgan fingerprint density at radius 2 is 1.89 bits per heavy atom. The second-order valence-electron chi connectivity index (χ2n) is 7.10. The van der Waals surface area contributed by atoms with Crippen molar-refractivity contribution in [3.05, 3.63) is 0 Å². The molecule has 3 rings (SSSR count). The van der Waals surface area contributed by atoms with Crippen LogP contribution in [0.1, 0.15) is 58.8 Å². The smallest absolute Gasteiger partial charge is 0.303 e. The monoisotopic (exact) mass is 251 g/mol. The highest BCUT2D eigenvalue weighted by atomic mass is 16.4. The second kappa shape index (κ2) is 4.22. The molecule has 102 valence electrons. The molecule has 0 radical (unpaired) electrons. The minimum Gasteiger partial charge on any atom is -0.481 e. The lowest BCUT2D eigenvalue weighted by Crippen LogP contribution is -2.50. The first-order chi connectivity index (χ1) is 8.49. The lowest BCUT2D eigenvalue weighted by Gasteiger charge is -2.44. The maximum Gasteiger partial charge on any atom is 0.303 e. The summed E-state index contributed by atoms with van der Waals surface area (Å²) in [6, 6.07) is 2.03. The van der Waals surface area contributed by atoms with Crippen LogP contribution in [0.4, 0.5) is 0 Å². The first-order valence-electron chi connectivity index (χ1n) is 7.49. The quantitative estimate of drug-likeness (QED) is 0.835. The van der Waals surface area contributed by atoms with Crippen LogP contribution in [-0.2, 0) is 4.79 Å². The van der Waals surface area contributed by atoms with Crippen molar-refractivity contribution in [1.29, 1.82) is 0 Å². The van der Waals surface area contributed by atoms with Crippen molar-refractivity contribution in [2.45, 2.75) is 76.9 Å². The van der Waals surface area contributed by atoms with E-state index in [2.05, 4.69) is 18.7 Å². The van der Waals surface area contributed by atoms with E-state index in [4.69, 9.17) is 5.11 Å². The van der Waals surface area contributed by atoms with Crippen molar-refractivity contribution >= 4 is 5.97 Å². The topological polar surface area (TPSA) is 40.5 Å². The minimum atomic E-state index is -0.616. The molecule has 18 heavy (non-hydrogen) atoms. The summed E-state index contributed by atoms with van der Waals surface area (Å²) in [6.45, 7) is 4.82. The van der Waals surface area contributed by atoms with Crippen LogP contribution in [0.3, 0.4) is 0 Å². The first kappa shape index (κ1) is 12.5. The van der Waals surface area contributed by atoms with Gasteiger partial charge in [0.05, 0.1) is 0 Å². The number of carbonyl (C=O) groups is 1. The number of piperidine rings is 1. The highest BCUT2D eigenvalue weighted by Crippen LogP contribution is 2.53. The van der Waals surface area contributed by atoms with Crippen molar-refractivity contribution in [2.75, 3.05) is 0 Å². The van der Waals surface area contributed by atoms with Crippen molar-refractivity contribution < 1.29 is 9.90 Å². The third-order valence-corrected chi connectivity index (χ3v) is 5.84. The average Bonchev–Trinajstić information content (AvgIpc) is 2.98. The molecule has 3 atom stereocenters. The van der Waals surface area contributed by atoms with Gasteiger partial charge in [0.25, 0.3) is 0 Å². The summed E-state index contributed by atoms with van der Waals surface area (Å²) in [7, 11) is 0. The predicted molar refractivity (Wildman–Crippen MR) is 70.4 cm³/mol. The molecule has 0 aromatic heterocycles. The summed E-state index contributed by atoms with van der Waals surface area (Å²) in [4.78, 5) is 13.6. The Morgan fingerprint density at radius 1 is 1.33 bits per heavy atom. The Morgan fingerprint density at radius 3 is 2.33 bits per heavy atom. The van der Waals surface area contributed by atoms with E-state index in [1.54, 1.807) is 0 Å². The van der Waals surface area contributed by atoms with Gasteiger partial charge in [-0.3, -0.25) is 9.69 Å². The molecule has 2 aliphatic heterocycles. The van der Waals surface area contributed by atoms with Crippen LogP contribution in [0.15, 0.2) is 0 Å². The van der Waals surface area contributed by atoms with Crippen LogP contribution in [0.2, 0.25) is 0 Å². The van der Waals surface area contributed by atoms with E-state index in [1.807, 2.05) is 0 Å². The summed E-state index contributed by atoms with van der Waals surface area (Å²) in [6.07, 6.45) is 7.95. The number of carboxylic acid groups (broad SMARTS) is 1. The van der Waals surface area contributed by atoms with E-state index < -0.39 is 5.97 Å². The van der Waals surface area contributed by atoms with E-state index in [-0.39, 0.29) is 0 Å². The van der Waals surface area contributed by atoms with E-state index in [0.29, 0.717) is 35.9 Å². The molecule has 3 unspecified atom stereocenters. The number of carboxylic acids is 1. The largest absolute Gasteiger partial charge is 0.481 e. The molecule has 1 N–H and O–H groups in total. The zero-order chi connectivity index (χ0) is 12.9. The van der Waals surface area contributed by atoms with Gasteiger partial charge >= 0.3 is 5.97 Å². The molecule has 3 heteroatoms. The normalized spacial score (nSPS) is 39.6. The minimum absolute atomic E-state index is 0.381. The SMILES string of the molecule is CC(N1C2CCC1CC(CC(=O)O)C2)C1(C)CC1. The lowest BCUT2D eigenvalue weighted by atomic mass is 9.85. The number of rotatable bonds is 4. The Kier molecular flexibility index (Phi) is 2.92. The van der Waals surface area contributed by atoms with E-state index >= 15 is 0 Å². The Labute approximate surface area is 110 Å². The summed E-state index contributed by atoms with van der Waals surface area (Å²) in [5.74, 6) is -0.189. The molecular weight excluding hydrogens is 226 g/mol. The van der Waals surface area contributed by atoms with Crippen LogP contribution in [-0.4, -0.2) is 34.1 Å². The highest BCUT2D eigenvalue weighted by molar-refractivity contribution is 5.67. The summed E-state index contributed by atoms with van der Waals surface area (Å²) >= 11 is 0. The summed E-state index contributed by atoms with van der Waals surface area (Å²) in [5, 5.41) is 8.96. The number of hydrogen-bond acceptors (Lipinski definition) is 2. The first-order valence-corrected chi connectivity index (χ1v) is 7.49. The molecule has 3 aliphatic rings. The zero-order valence-electron chi connectivity index (χ0n) is 11.6. The molecule has 0 spiro atoms. The standard InChI is InChI=1S/C15H25NO2/c1-10(15(2)5-6-15)16-12-3-4-13(16)8-11(7-12)9-14(17)18/h10-13H,3-9H2,1-2H3,(H,17,18). The van der Waals surface area contributed by atoms with Gasteiger partial charge < -0.3 is 5.11 Å². The second-order valence-corrected chi connectivity index (χ2v) is 7.10. The molecule has 0 aromatic carbocycles. The van der Waals surface area contributed by atoms with Crippen molar-refractivity contribution in [3.63, 3.8) is 0 Å². The molecule has 1 saturated carbocycles. The lowest BCUT2D eigenvalue weighted by molar-refractivity contribution is -0.138. The fourth-order valence-corrected chi connectivity index (χ4v) is 4.35. The third kappa shape index (κ3) is 2.07. The number of aliphatic carboxylic acids is 1. The van der Waals surface area contributed by atoms with Gasteiger partial charge in [0, 0.05) is 24.5 Å². The van der Waals surface area contributed by atoms with Gasteiger partial charge in [0.1, 0.15) is 0 Å². The van der Waals surface area contributed by atoms with Crippen LogP contribution in [0.5, 0.6) is 0 Å². The number of nitrogens with zero attached hydrogens (tertiary/aromatic N) is 1. The van der Waals surface area contributed by atoms with Gasteiger partial charge in [-0.2, -0.15) is 0 Å². The van der Waals surface area contributed by atoms with Crippen LogP contribution in [0, 0.1) is 11.3 Å². The highest BCUT2D eigenvalue weighted by Gasteiger charge is 2.51. The zero-order valence-corrected chi connectivity index (χ0v) is 11.6. The molecular formula is C15H25NO2. The van der Waals surface area contributed by atoms with Gasteiger partial charge in [-0.15, -0.1) is 0 Å². The predicted octanol–water partition coefficient (Wildman–Crippen LogP) is 2.89.